The van der Waals surface area contributed by atoms with Gasteiger partial charge in [0.1, 0.15) is 6.61 Å². The van der Waals surface area contributed by atoms with Crippen molar-refractivity contribution in [3.63, 3.8) is 0 Å². The standard InChI is InChI=1S/C14H25NO4/c1-17-4-5-18-6-7-19-14(16)10-11-8-12-2-3-13(9-11)15-12/h11-13,15H,2-10H2,1H3. The number of hydrogen-bond donors (Lipinski definition) is 1. The summed E-state index contributed by atoms with van der Waals surface area (Å²) in [6, 6.07) is 1.27. The molecule has 1 N–H and O–H groups in total. The summed E-state index contributed by atoms with van der Waals surface area (Å²) in [5.74, 6) is 0.419. The van der Waals surface area contributed by atoms with Crippen LogP contribution in [0.5, 0.6) is 0 Å². The molecule has 0 amide bonds. The van der Waals surface area contributed by atoms with E-state index >= 15 is 0 Å². The number of esters is 1. The summed E-state index contributed by atoms with van der Waals surface area (Å²) in [4.78, 5) is 11.7. The normalized spacial score (nSPS) is 29.4. The highest BCUT2D eigenvalue weighted by molar-refractivity contribution is 5.69. The van der Waals surface area contributed by atoms with E-state index in [4.69, 9.17) is 14.2 Å². The third-order valence-electron chi connectivity index (χ3n) is 3.95. The Hall–Kier alpha value is -0.650. The van der Waals surface area contributed by atoms with E-state index < -0.39 is 0 Å². The highest BCUT2D eigenvalue weighted by Gasteiger charge is 2.34. The molecule has 19 heavy (non-hydrogen) atoms. The van der Waals surface area contributed by atoms with Gasteiger partial charge in [-0.3, -0.25) is 4.79 Å². The third kappa shape index (κ3) is 5.09. The molecule has 0 aromatic heterocycles. The van der Waals surface area contributed by atoms with Crippen LogP contribution in [0.4, 0.5) is 0 Å². The maximum Gasteiger partial charge on any atom is 0.306 e. The van der Waals surface area contributed by atoms with Crippen LogP contribution in [0.3, 0.4) is 0 Å². The molecule has 110 valence electrons. The van der Waals surface area contributed by atoms with Gasteiger partial charge in [0.25, 0.3) is 0 Å². The summed E-state index contributed by atoms with van der Waals surface area (Å²) in [6.07, 6.45) is 5.34. The summed E-state index contributed by atoms with van der Waals surface area (Å²) in [6.45, 7) is 1.92. The van der Waals surface area contributed by atoms with Crippen LogP contribution >= 0.6 is 0 Å². The maximum absolute atomic E-state index is 11.7. The van der Waals surface area contributed by atoms with Gasteiger partial charge in [0.15, 0.2) is 0 Å². The maximum atomic E-state index is 11.7. The lowest BCUT2D eigenvalue weighted by Gasteiger charge is -2.28. The molecule has 2 aliphatic heterocycles. The molecule has 0 radical (unpaired) electrons. The molecule has 0 spiro atoms. The van der Waals surface area contributed by atoms with Crippen LogP contribution in [-0.2, 0) is 19.0 Å². The number of nitrogens with one attached hydrogen (secondary N) is 1. The number of carbonyl (C=O) groups excluding carboxylic acids is 1. The Kier molecular flexibility index (Phi) is 6.07. The first-order valence-electron chi connectivity index (χ1n) is 7.26. The predicted octanol–water partition coefficient (Wildman–Crippen LogP) is 1.11. The second-order valence-corrected chi connectivity index (χ2v) is 5.51. The number of hydrogen-bond acceptors (Lipinski definition) is 5. The first-order valence-corrected chi connectivity index (χ1v) is 7.26. The zero-order valence-electron chi connectivity index (χ0n) is 11.7. The van der Waals surface area contributed by atoms with Crippen molar-refractivity contribution in [3.05, 3.63) is 0 Å². The fraction of sp³-hybridized carbons (Fsp3) is 0.929. The quantitative estimate of drug-likeness (QED) is 0.529. The molecule has 2 fully saturated rings. The Morgan fingerprint density at radius 3 is 2.47 bits per heavy atom. The minimum Gasteiger partial charge on any atom is -0.463 e. The molecule has 0 saturated carbocycles. The lowest BCUT2D eigenvalue weighted by molar-refractivity contribution is -0.146. The van der Waals surface area contributed by atoms with E-state index in [9.17, 15) is 4.79 Å². The summed E-state index contributed by atoms with van der Waals surface area (Å²) < 4.78 is 15.3. The molecular weight excluding hydrogens is 246 g/mol. The Bertz CT molecular complexity index is 273. The van der Waals surface area contributed by atoms with Gasteiger partial charge in [-0.1, -0.05) is 0 Å². The predicted molar refractivity (Wildman–Crippen MR) is 70.9 cm³/mol. The van der Waals surface area contributed by atoms with Crippen molar-refractivity contribution in [3.8, 4) is 0 Å². The zero-order chi connectivity index (χ0) is 13.5. The van der Waals surface area contributed by atoms with Gasteiger partial charge in [0.2, 0.25) is 0 Å². The van der Waals surface area contributed by atoms with Crippen LogP contribution in [0.25, 0.3) is 0 Å². The minimum absolute atomic E-state index is 0.0818. The highest BCUT2D eigenvalue weighted by Crippen LogP contribution is 2.32. The summed E-state index contributed by atoms with van der Waals surface area (Å²) in [7, 11) is 1.63. The minimum atomic E-state index is -0.0818. The average molecular weight is 271 g/mol. The molecule has 2 atom stereocenters. The molecule has 0 aromatic rings. The average Bonchev–Trinajstić information content (AvgIpc) is 2.73. The van der Waals surface area contributed by atoms with Crippen molar-refractivity contribution in [1.82, 2.24) is 5.32 Å². The summed E-state index contributed by atoms with van der Waals surface area (Å²) in [5, 5.41) is 3.58. The lowest BCUT2D eigenvalue weighted by atomic mass is 9.90. The second kappa shape index (κ2) is 7.82. The van der Waals surface area contributed by atoms with Crippen molar-refractivity contribution in [2.45, 2.75) is 44.2 Å². The van der Waals surface area contributed by atoms with Gasteiger partial charge >= 0.3 is 5.97 Å². The number of fused-ring (bicyclic) bond motifs is 2. The number of carbonyl (C=O) groups is 1. The SMILES string of the molecule is COCCOCCOC(=O)CC1CC2CCC(C1)N2. The zero-order valence-corrected chi connectivity index (χ0v) is 11.7. The van der Waals surface area contributed by atoms with Gasteiger partial charge in [-0.15, -0.1) is 0 Å². The van der Waals surface area contributed by atoms with Gasteiger partial charge in [0.05, 0.1) is 19.8 Å². The van der Waals surface area contributed by atoms with Gasteiger partial charge in [-0.05, 0) is 31.6 Å². The molecule has 2 bridgehead atoms. The topological polar surface area (TPSA) is 56.8 Å². The molecule has 0 aliphatic carbocycles. The molecule has 5 heteroatoms. The van der Waals surface area contributed by atoms with Gasteiger partial charge < -0.3 is 19.5 Å². The molecule has 2 unspecified atom stereocenters. The van der Waals surface area contributed by atoms with E-state index in [0.29, 0.717) is 50.8 Å². The van der Waals surface area contributed by atoms with Crippen molar-refractivity contribution in [2.75, 3.05) is 33.5 Å². The Morgan fingerprint density at radius 2 is 1.79 bits per heavy atom. The first-order chi connectivity index (χ1) is 9.28. The fourth-order valence-electron chi connectivity index (χ4n) is 3.10. The van der Waals surface area contributed by atoms with E-state index in [1.165, 1.54) is 12.8 Å². The Morgan fingerprint density at radius 1 is 1.11 bits per heavy atom. The Balaban J connectivity index is 1.52. The van der Waals surface area contributed by atoms with E-state index in [2.05, 4.69) is 5.32 Å². The smallest absolute Gasteiger partial charge is 0.306 e. The molecule has 2 aliphatic rings. The van der Waals surface area contributed by atoms with Gasteiger partial charge in [-0.25, -0.2) is 0 Å². The largest absolute Gasteiger partial charge is 0.463 e. The van der Waals surface area contributed by atoms with Crippen LogP contribution in [0.2, 0.25) is 0 Å². The molecule has 5 nitrogen and oxygen atoms in total. The fourth-order valence-corrected chi connectivity index (χ4v) is 3.10. The number of rotatable bonds is 8. The van der Waals surface area contributed by atoms with Gasteiger partial charge in [-0.2, -0.15) is 0 Å². The van der Waals surface area contributed by atoms with Crippen molar-refractivity contribution >= 4 is 5.97 Å². The van der Waals surface area contributed by atoms with Gasteiger partial charge in [0, 0.05) is 25.6 Å². The molecule has 2 saturated heterocycles. The molecule has 0 aromatic carbocycles. The van der Waals surface area contributed by atoms with Crippen molar-refractivity contribution < 1.29 is 19.0 Å². The van der Waals surface area contributed by atoms with Crippen LogP contribution < -0.4 is 5.32 Å². The first kappa shape index (κ1) is 14.8. The highest BCUT2D eigenvalue weighted by atomic mass is 16.6. The van der Waals surface area contributed by atoms with Crippen LogP contribution in [0, 0.1) is 5.92 Å². The third-order valence-corrected chi connectivity index (χ3v) is 3.95. The molecular formula is C14H25NO4. The van der Waals surface area contributed by atoms with Crippen molar-refractivity contribution in [1.29, 1.82) is 0 Å². The Labute approximate surface area is 115 Å². The molecule has 2 heterocycles. The van der Waals surface area contributed by atoms with Crippen LogP contribution in [0.1, 0.15) is 32.1 Å². The van der Waals surface area contributed by atoms with Crippen LogP contribution in [0.15, 0.2) is 0 Å². The molecule has 2 rings (SSSR count). The van der Waals surface area contributed by atoms with Crippen LogP contribution in [-0.4, -0.2) is 51.6 Å². The lowest BCUT2D eigenvalue weighted by Crippen LogP contribution is -2.38. The number of methoxy groups -OCH3 is 1. The van der Waals surface area contributed by atoms with Crippen molar-refractivity contribution in [2.24, 2.45) is 5.92 Å². The summed E-state index contributed by atoms with van der Waals surface area (Å²) >= 11 is 0. The summed E-state index contributed by atoms with van der Waals surface area (Å²) in [5.41, 5.74) is 0. The van der Waals surface area contributed by atoms with E-state index in [-0.39, 0.29) is 5.97 Å². The monoisotopic (exact) mass is 271 g/mol. The number of piperidine rings is 1. The number of ether oxygens (including phenoxy) is 3. The van der Waals surface area contributed by atoms with E-state index in [0.717, 1.165) is 12.8 Å². The van der Waals surface area contributed by atoms with E-state index in [1.807, 2.05) is 0 Å². The van der Waals surface area contributed by atoms with E-state index in [1.54, 1.807) is 7.11 Å². The second-order valence-electron chi connectivity index (χ2n) is 5.51.